The molecule has 0 unspecified atom stereocenters. The van der Waals surface area contributed by atoms with Crippen LogP contribution in [-0.4, -0.2) is 10.8 Å². The minimum absolute atomic E-state index is 0.459. The molecule has 0 aliphatic heterocycles. The van der Waals surface area contributed by atoms with E-state index < -0.39 is 20.9 Å². The van der Waals surface area contributed by atoms with Gasteiger partial charge >= 0.3 is 10.8 Å². The smallest absolute Gasteiger partial charge is 0.221 e. The number of benzene rings is 1. The predicted molar refractivity (Wildman–Crippen MR) is 61.7 cm³/mol. The lowest BCUT2D eigenvalue weighted by molar-refractivity contribution is -0.214. The molecule has 0 heterocycles. The third-order valence-electron chi connectivity index (χ3n) is 2.16. The summed E-state index contributed by atoms with van der Waals surface area (Å²) < 4.78 is 57.1. The Labute approximate surface area is 111 Å². The van der Waals surface area contributed by atoms with Crippen molar-refractivity contribution in [3.05, 3.63) is 35.4 Å². The van der Waals surface area contributed by atoms with E-state index >= 15 is 0 Å². The molecule has 0 saturated carbocycles. The summed E-state index contributed by atoms with van der Waals surface area (Å²) in [5.41, 5.74) is 0.267. The molecule has 0 radical (unpaired) electrons. The zero-order valence-electron chi connectivity index (χ0n) is 8.46. The van der Waals surface area contributed by atoms with E-state index in [4.69, 9.17) is 0 Å². The van der Waals surface area contributed by atoms with E-state index in [0.29, 0.717) is 0 Å². The summed E-state index contributed by atoms with van der Waals surface area (Å²) in [6, 6.07) is 4.96. The molecular weight excluding hydrogens is 375 g/mol. The summed E-state index contributed by atoms with van der Waals surface area (Å²) in [6.07, 6.45) is -5.39. The van der Waals surface area contributed by atoms with Gasteiger partial charge in [0.2, 0.25) is 4.58 Å². The van der Waals surface area contributed by atoms with E-state index in [2.05, 4.69) is 15.9 Å². The number of rotatable bonds is 2. The Hall–Kier alpha value is -0.170. The molecule has 1 aromatic rings. The van der Waals surface area contributed by atoms with E-state index in [1.54, 1.807) is 22.9 Å². The van der Waals surface area contributed by atoms with Gasteiger partial charge in [0.25, 0.3) is 0 Å². The lowest BCUT2D eigenvalue weighted by Gasteiger charge is -2.32. The minimum atomic E-state index is -5.39. The third kappa shape index (κ3) is 2.65. The van der Waals surface area contributed by atoms with Crippen molar-refractivity contribution in [3.63, 3.8) is 0 Å². The van der Waals surface area contributed by atoms with Crippen LogP contribution in [0.5, 0.6) is 0 Å². The van der Waals surface area contributed by atoms with Crippen LogP contribution in [0.15, 0.2) is 24.3 Å². The highest BCUT2D eigenvalue weighted by atomic mass is 79.9. The fourth-order valence-corrected chi connectivity index (χ4v) is 1.84. The van der Waals surface area contributed by atoms with Crippen molar-refractivity contribution in [2.45, 2.75) is 22.3 Å². The highest BCUT2D eigenvalue weighted by molar-refractivity contribution is 9.12. The van der Waals surface area contributed by atoms with E-state index in [0.717, 1.165) is 17.7 Å². The molecule has 0 aliphatic carbocycles. The Kier molecular flexibility index (Phi) is 3.94. The molecule has 0 aliphatic rings. The maximum absolute atomic E-state index is 14.0. The zero-order chi connectivity index (χ0) is 13.5. The van der Waals surface area contributed by atoms with Gasteiger partial charge in [-0.3, -0.25) is 0 Å². The quantitative estimate of drug-likeness (QED) is 0.491. The second-order valence-corrected chi connectivity index (χ2v) is 5.70. The Bertz CT molecular complexity index is 394. The monoisotopic (exact) mass is 380 g/mol. The molecule has 0 nitrogen and oxygen atoms in total. The van der Waals surface area contributed by atoms with Crippen molar-refractivity contribution in [1.29, 1.82) is 0 Å². The van der Waals surface area contributed by atoms with Gasteiger partial charge in [-0.2, -0.15) is 13.2 Å². The van der Waals surface area contributed by atoms with Gasteiger partial charge in [-0.1, -0.05) is 29.8 Å². The van der Waals surface area contributed by atoms with Crippen LogP contribution < -0.4 is 0 Å². The standard InChI is InChI=1S/C10H7Br2F5/c1-6-2-4-7(5-3-6)8(11,13)9(12,14)10(15,16)17/h2-5H,1H3/t8-,9+/m1/s1. The maximum atomic E-state index is 14.0. The molecule has 0 amide bonds. The highest BCUT2D eigenvalue weighted by Crippen LogP contribution is 2.56. The van der Waals surface area contributed by atoms with Gasteiger partial charge in [-0.25, -0.2) is 8.78 Å². The van der Waals surface area contributed by atoms with Gasteiger partial charge in [-0.05, 0) is 38.8 Å². The van der Waals surface area contributed by atoms with Crippen molar-refractivity contribution >= 4 is 31.9 Å². The van der Waals surface area contributed by atoms with Crippen LogP contribution in [0.4, 0.5) is 22.0 Å². The molecule has 1 rings (SSSR count). The number of hydrogen-bond acceptors (Lipinski definition) is 0. The number of halogens is 7. The lowest BCUT2D eigenvalue weighted by atomic mass is 10.0. The zero-order valence-corrected chi connectivity index (χ0v) is 11.6. The molecular formula is C10H7Br2F5. The summed E-state index contributed by atoms with van der Waals surface area (Å²) in [7, 11) is 0. The Morgan fingerprint density at radius 2 is 1.29 bits per heavy atom. The van der Waals surface area contributed by atoms with Crippen LogP contribution in [0.3, 0.4) is 0 Å². The first-order valence-corrected chi connectivity index (χ1v) is 5.98. The second-order valence-electron chi connectivity index (χ2n) is 3.51. The Balaban J connectivity index is 3.23. The van der Waals surface area contributed by atoms with Crippen molar-refractivity contribution in [3.8, 4) is 0 Å². The van der Waals surface area contributed by atoms with Crippen LogP contribution in [-0.2, 0) is 4.58 Å². The molecule has 96 valence electrons. The molecule has 7 heteroatoms. The van der Waals surface area contributed by atoms with Gasteiger partial charge in [0.1, 0.15) is 0 Å². The number of hydrogen-bond donors (Lipinski definition) is 0. The predicted octanol–water partition coefficient (Wildman–Crippen LogP) is 5.14. The van der Waals surface area contributed by atoms with Gasteiger partial charge in [0, 0.05) is 5.56 Å². The van der Waals surface area contributed by atoms with Gasteiger partial charge in [-0.15, -0.1) is 0 Å². The fourth-order valence-electron chi connectivity index (χ4n) is 1.12. The van der Waals surface area contributed by atoms with Crippen LogP contribution in [0.25, 0.3) is 0 Å². The first kappa shape index (κ1) is 14.9. The summed E-state index contributed by atoms with van der Waals surface area (Å²) in [4.78, 5) is 0. The van der Waals surface area contributed by atoms with E-state index in [9.17, 15) is 22.0 Å². The van der Waals surface area contributed by atoms with Crippen molar-refractivity contribution < 1.29 is 22.0 Å². The Morgan fingerprint density at radius 1 is 0.882 bits per heavy atom. The van der Waals surface area contributed by atoms with Crippen molar-refractivity contribution in [1.82, 2.24) is 0 Å². The topological polar surface area (TPSA) is 0 Å². The summed E-state index contributed by atoms with van der Waals surface area (Å²) in [5.74, 6) is 0. The first-order chi connectivity index (χ1) is 7.50. The molecule has 0 N–H and O–H groups in total. The molecule has 0 aromatic heterocycles. The Morgan fingerprint density at radius 3 is 1.65 bits per heavy atom. The normalized spacial score (nSPS) is 19.5. The van der Waals surface area contributed by atoms with Crippen molar-refractivity contribution in [2.24, 2.45) is 0 Å². The largest absolute Gasteiger partial charge is 0.437 e. The average Bonchev–Trinajstić information content (AvgIpc) is 2.16. The molecule has 0 spiro atoms. The summed E-state index contributed by atoms with van der Waals surface area (Å²) in [5, 5.41) is 0. The van der Waals surface area contributed by atoms with E-state index in [1.807, 2.05) is 0 Å². The van der Waals surface area contributed by atoms with Crippen molar-refractivity contribution in [2.75, 3.05) is 0 Å². The molecule has 0 bridgehead atoms. The molecule has 0 fully saturated rings. The average molecular weight is 382 g/mol. The van der Waals surface area contributed by atoms with Gasteiger partial charge < -0.3 is 0 Å². The molecule has 17 heavy (non-hydrogen) atoms. The molecule has 2 atom stereocenters. The summed E-state index contributed by atoms with van der Waals surface area (Å²) in [6.45, 7) is 1.68. The van der Waals surface area contributed by atoms with Crippen LogP contribution in [0, 0.1) is 6.92 Å². The molecule has 1 aromatic carbocycles. The van der Waals surface area contributed by atoms with Crippen LogP contribution in [0.2, 0.25) is 0 Å². The number of aryl methyl sites for hydroxylation is 1. The molecule has 0 saturated heterocycles. The van der Waals surface area contributed by atoms with Gasteiger partial charge in [0.05, 0.1) is 0 Å². The van der Waals surface area contributed by atoms with E-state index in [1.165, 1.54) is 12.1 Å². The third-order valence-corrected chi connectivity index (χ3v) is 4.70. The number of alkyl halides is 7. The van der Waals surface area contributed by atoms with E-state index in [-0.39, 0.29) is 0 Å². The first-order valence-electron chi connectivity index (χ1n) is 4.39. The highest BCUT2D eigenvalue weighted by Gasteiger charge is 2.68. The summed E-state index contributed by atoms with van der Waals surface area (Å²) >= 11 is 3.93. The SMILES string of the molecule is Cc1ccc([C@](F)(Br)[C@@](F)(Br)C(F)(F)F)cc1. The minimum Gasteiger partial charge on any atom is -0.221 e. The lowest BCUT2D eigenvalue weighted by Crippen LogP contribution is -2.47. The second kappa shape index (κ2) is 4.50. The van der Waals surface area contributed by atoms with Gasteiger partial charge in [0.15, 0.2) is 0 Å². The van der Waals surface area contributed by atoms with Crippen LogP contribution >= 0.6 is 31.9 Å². The van der Waals surface area contributed by atoms with Crippen LogP contribution in [0.1, 0.15) is 11.1 Å². The maximum Gasteiger partial charge on any atom is 0.437 e. The fraction of sp³-hybridized carbons (Fsp3) is 0.400.